The molecule has 0 radical (unpaired) electrons. The van der Waals surface area contributed by atoms with E-state index in [1.165, 1.54) is 6.07 Å². The maximum absolute atomic E-state index is 12.2. The summed E-state index contributed by atoms with van der Waals surface area (Å²) in [7, 11) is 1.66. The molecule has 0 saturated heterocycles. The highest BCUT2D eigenvalue weighted by atomic mass is 19.4. The topological polar surface area (TPSA) is 25.2 Å². The summed E-state index contributed by atoms with van der Waals surface area (Å²) >= 11 is 0. The van der Waals surface area contributed by atoms with Gasteiger partial charge in [0.25, 0.3) is 0 Å². The Kier molecular flexibility index (Phi) is 2.63. The van der Waals surface area contributed by atoms with Crippen LogP contribution in [0.25, 0.3) is 0 Å². The van der Waals surface area contributed by atoms with E-state index in [0.29, 0.717) is 0 Å². The van der Waals surface area contributed by atoms with E-state index in [1.54, 1.807) is 20.9 Å². The first kappa shape index (κ1) is 11.1. The fourth-order valence-electron chi connectivity index (χ4n) is 0.949. The molecule has 0 saturated carbocycles. The molecular formula is C9H12F3NO. The second-order valence-electron chi connectivity index (χ2n) is 3.54. The number of rotatable bonds is 2. The molecule has 0 aliphatic heterocycles. The highest BCUT2D eigenvalue weighted by Gasteiger charge is 2.36. The molecule has 1 heterocycles. The summed E-state index contributed by atoms with van der Waals surface area (Å²) < 4.78 is 41.3. The molecule has 0 atom stereocenters. The number of hydrogen-bond acceptors (Lipinski definition) is 2. The summed E-state index contributed by atoms with van der Waals surface area (Å²) in [6, 6.07) is 2.27. The lowest BCUT2D eigenvalue weighted by Crippen LogP contribution is -2.32. The zero-order chi connectivity index (χ0) is 11.0. The minimum atomic E-state index is -4.41. The van der Waals surface area contributed by atoms with Gasteiger partial charge in [-0.15, -0.1) is 0 Å². The molecule has 0 amide bonds. The van der Waals surface area contributed by atoms with Gasteiger partial charge in [-0.25, -0.2) is 0 Å². The standard InChI is InChI=1S/C9H12F3NO/c1-8(2,13-3)6-4-5-7(14-6)9(10,11)12/h4-5,13H,1-3H3. The van der Waals surface area contributed by atoms with Crippen LogP contribution in [0.5, 0.6) is 0 Å². The molecule has 0 fully saturated rings. The van der Waals surface area contributed by atoms with Crippen molar-refractivity contribution in [1.82, 2.24) is 5.32 Å². The fraction of sp³-hybridized carbons (Fsp3) is 0.556. The first-order valence-electron chi connectivity index (χ1n) is 4.14. The smallest absolute Gasteiger partial charge is 0.449 e. The van der Waals surface area contributed by atoms with Gasteiger partial charge in [0.1, 0.15) is 5.76 Å². The number of halogens is 3. The average Bonchev–Trinajstić information content (AvgIpc) is 2.51. The molecule has 1 N–H and O–H groups in total. The molecule has 0 bridgehead atoms. The largest absolute Gasteiger partial charge is 0.455 e. The summed E-state index contributed by atoms with van der Waals surface area (Å²) in [5.74, 6) is -0.692. The quantitative estimate of drug-likeness (QED) is 0.806. The molecule has 0 unspecified atom stereocenters. The van der Waals surface area contributed by atoms with Crippen molar-refractivity contribution >= 4 is 0 Å². The van der Waals surface area contributed by atoms with Gasteiger partial charge in [0, 0.05) is 0 Å². The van der Waals surface area contributed by atoms with Crippen LogP contribution in [0.15, 0.2) is 16.5 Å². The summed E-state index contributed by atoms with van der Waals surface area (Å²) in [5.41, 5.74) is -0.594. The highest BCUT2D eigenvalue weighted by molar-refractivity contribution is 5.15. The molecule has 0 aliphatic carbocycles. The molecule has 2 nitrogen and oxygen atoms in total. The maximum atomic E-state index is 12.2. The first-order chi connectivity index (χ1) is 6.27. The molecule has 0 spiro atoms. The minimum Gasteiger partial charge on any atom is -0.455 e. The predicted octanol–water partition coefficient (Wildman–Crippen LogP) is 2.75. The monoisotopic (exact) mass is 207 g/mol. The van der Waals surface area contributed by atoms with Crippen LogP contribution in [0.4, 0.5) is 13.2 Å². The van der Waals surface area contributed by atoms with Gasteiger partial charge < -0.3 is 9.73 Å². The Morgan fingerprint density at radius 1 is 1.14 bits per heavy atom. The van der Waals surface area contributed by atoms with Crippen molar-refractivity contribution < 1.29 is 17.6 Å². The zero-order valence-electron chi connectivity index (χ0n) is 8.20. The van der Waals surface area contributed by atoms with E-state index in [9.17, 15) is 13.2 Å². The number of hydrogen-bond donors (Lipinski definition) is 1. The fourth-order valence-corrected chi connectivity index (χ4v) is 0.949. The van der Waals surface area contributed by atoms with Gasteiger partial charge >= 0.3 is 6.18 Å². The number of furan rings is 1. The second kappa shape index (κ2) is 3.31. The predicted molar refractivity (Wildman–Crippen MR) is 45.8 cm³/mol. The van der Waals surface area contributed by atoms with E-state index in [0.717, 1.165) is 6.07 Å². The van der Waals surface area contributed by atoms with Crippen LogP contribution >= 0.6 is 0 Å². The Morgan fingerprint density at radius 3 is 2.00 bits per heavy atom. The van der Waals surface area contributed by atoms with E-state index in [-0.39, 0.29) is 5.76 Å². The Labute approximate surface area is 80.1 Å². The van der Waals surface area contributed by atoms with Crippen molar-refractivity contribution in [1.29, 1.82) is 0 Å². The molecule has 80 valence electrons. The molecule has 1 aromatic heterocycles. The van der Waals surface area contributed by atoms with Gasteiger partial charge in [-0.05, 0) is 33.0 Å². The van der Waals surface area contributed by atoms with Crippen LogP contribution in [0.2, 0.25) is 0 Å². The molecule has 5 heteroatoms. The molecule has 1 rings (SSSR count). The van der Waals surface area contributed by atoms with Gasteiger partial charge in [0.15, 0.2) is 0 Å². The van der Waals surface area contributed by atoms with Crippen molar-refractivity contribution in [3.05, 3.63) is 23.7 Å². The van der Waals surface area contributed by atoms with Crippen molar-refractivity contribution in [2.75, 3.05) is 7.05 Å². The van der Waals surface area contributed by atoms with Crippen LogP contribution in [0.3, 0.4) is 0 Å². The summed E-state index contributed by atoms with van der Waals surface area (Å²) in [4.78, 5) is 0. The van der Waals surface area contributed by atoms with Crippen molar-refractivity contribution in [2.24, 2.45) is 0 Å². The van der Waals surface area contributed by atoms with E-state index < -0.39 is 17.5 Å². The first-order valence-corrected chi connectivity index (χ1v) is 4.14. The van der Waals surface area contributed by atoms with Crippen LogP contribution in [0, 0.1) is 0 Å². The van der Waals surface area contributed by atoms with Crippen LogP contribution in [-0.4, -0.2) is 7.05 Å². The SMILES string of the molecule is CNC(C)(C)c1ccc(C(F)(F)F)o1. The zero-order valence-corrected chi connectivity index (χ0v) is 8.20. The third-order valence-electron chi connectivity index (χ3n) is 2.13. The lowest BCUT2D eigenvalue weighted by Gasteiger charge is -2.20. The summed E-state index contributed by atoms with van der Waals surface area (Å²) in [5, 5.41) is 2.86. The van der Waals surface area contributed by atoms with Crippen molar-refractivity contribution in [2.45, 2.75) is 25.6 Å². The Balaban J connectivity index is 3.00. The van der Waals surface area contributed by atoms with Gasteiger partial charge in [0.05, 0.1) is 5.54 Å². The Morgan fingerprint density at radius 2 is 1.64 bits per heavy atom. The normalized spacial score (nSPS) is 13.3. The lowest BCUT2D eigenvalue weighted by atomic mass is 10.0. The van der Waals surface area contributed by atoms with Crippen molar-refractivity contribution in [3.63, 3.8) is 0 Å². The molecule has 0 aromatic carbocycles. The maximum Gasteiger partial charge on any atom is 0.449 e. The Hall–Kier alpha value is -0.970. The second-order valence-corrected chi connectivity index (χ2v) is 3.54. The lowest BCUT2D eigenvalue weighted by molar-refractivity contribution is -0.153. The van der Waals surface area contributed by atoms with Crippen LogP contribution in [0.1, 0.15) is 25.4 Å². The van der Waals surface area contributed by atoms with Crippen LogP contribution < -0.4 is 5.32 Å². The Bertz CT molecular complexity index is 314. The number of alkyl halides is 3. The van der Waals surface area contributed by atoms with Gasteiger partial charge in [-0.1, -0.05) is 0 Å². The molecule has 14 heavy (non-hydrogen) atoms. The third kappa shape index (κ3) is 2.09. The van der Waals surface area contributed by atoms with E-state index in [1.807, 2.05) is 0 Å². The molecule has 0 aliphatic rings. The summed E-state index contributed by atoms with van der Waals surface area (Å²) in [6.45, 7) is 3.48. The van der Waals surface area contributed by atoms with Crippen LogP contribution in [-0.2, 0) is 11.7 Å². The van der Waals surface area contributed by atoms with Gasteiger partial charge in [-0.3, -0.25) is 0 Å². The van der Waals surface area contributed by atoms with E-state index in [2.05, 4.69) is 5.32 Å². The van der Waals surface area contributed by atoms with Gasteiger partial charge in [0.2, 0.25) is 5.76 Å². The molecular weight excluding hydrogens is 195 g/mol. The van der Waals surface area contributed by atoms with E-state index in [4.69, 9.17) is 4.42 Å². The average molecular weight is 207 g/mol. The highest BCUT2D eigenvalue weighted by Crippen LogP contribution is 2.33. The number of nitrogens with one attached hydrogen (secondary N) is 1. The summed E-state index contributed by atoms with van der Waals surface area (Å²) in [6.07, 6.45) is -4.41. The van der Waals surface area contributed by atoms with E-state index >= 15 is 0 Å². The van der Waals surface area contributed by atoms with Gasteiger partial charge in [-0.2, -0.15) is 13.2 Å². The molecule has 1 aromatic rings. The van der Waals surface area contributed by atoms with Crippen molar-refractivity contribution in [3.8, 4) is 0 Å². The minimum absolute atomic E-state index is 0.271. The third-order valence-corrected chi connectivity index (χ3v) is 2.13.